The van der Waals surface area contributed by atoms with Crippen molar-refractivity contribution < 1.29 is 13.9 Å². The van der Waals surface area contributed by atoms with Gasteiger partial charge in [-0.3, -0.25) is 14.8 Å². The molecule has 0 saturated carbocycles. The molecule has 0 atom stereocenters. The number of guanidine groups is 1. The van der Waals surface area contributed by atoms with Crippen molar-refractivity contribution in [1.29, 1.82) is 0 Å². The minimum atomic E-state index is -0.478. The average molecular weight is 438 g/mol. The molecule has 0 unspecified atom stereocenters. The highest BCUT2D eigenvalue weighted by Crippen LogP contribution is 2.17. The molecule has 3 aromatic rings. The van der Waals surface area contributed by atoms with Crippen LogP contribution in [0.3, 0.4) is 0 Å². The Morgan fingerprint density at radius 2 is 1.91 bits per heavy atom. The Hall–Kier alpha value is -3.68. The Kier molecular flexibility index (Phi) is 7.59. The maximum absolute atomic E-state index is 13.6. The number of nitrogens with one attached hydrogen (secondary N) is 2. The zero-order chi connectivity index (χ0) is 23.1. The van der Waals surface area contributed by atoms with Gasteiger partial charge in [-0.05, 0) is 70.2 Å². The van der Waals surface area contributed by atoms with Gasteiger partial charge < -0.3 is 10.1 Å². The van der Waals surface area contributed by atoms with Gasteiger partial charge in [-0.25, -0.2) is 9.38 Å². The van der Waals surface area contributed by atoms with Crippen molar-refractivity contribution in [3.8, 4) is 5.75 Å². The molecular weight excluding hydrogens is 409 g/mol. The second-order valence-electron chi connectivity index (χ2n) is 7.18. The number of halogens is 1. The minimum Gasteiger partial charge on any atom is -0.494 e. The number of nitrogens with zero attached hydrogens (tertiary/aromatic N) is 3. The maximum atomic E-state index is 13.6. The largest absolute Gasteiger partial charge is 0.494 e. The van der Waals surface area contributed by atoms with E-state index in [9.17, 15) is 9.18 Å². The lowest BCUT2D eigenvalue weighted by Gasteiger charge is -2.13. The Bertz CT molecular complexity index is 1110. The highest BCUT2D eigenvalue weighted by Gasteiger charge is 2.13. The van der Waals surface area contributed by atoms with Crippen LogP contribution in [0.4, 0.5) is 10.1 Å². The van der Waals surface area contributed by atoms with Crippen LogP contribution in [0.25, 0.3) is 0 Å². The number of benzene rings is 2. The first-order valence-electron chi connectivity index (χ1n) is 10.5. The third-order valence-corrected chi connectivity index (χ3v) is 4.97. The number of aryl methyl sites for hydroxylation is 2. The molecule has 0 aliphatic rings. The minimum absolute atomic E-state index is 0.206. The van der Waals surface area contributed by atoms with Gasteiger partial charge in [0.1, 0.15) is 11.6 Å². The number of aromatic nitrogens is 2. The molecular formula is C24H28FN5O2. The molecule has 0 spiro atoms. The molecule has 1 heterocycles. The number of anilines is 1. The smallest absolute Gasteiger partial charge is 0.258 e. The van der Waals surface area contributed by atoms with Crippen molar-refractivity contribution >= 4 is 17.6 Å². The summed E-state index contributed by atoms with van der Waals surface area (Å²) in [6.45, 7) is 9.57. The summed E-state index contributed by atoms with van der Waals surface area (Å²) in [7, 11) is 0. The van der Waals surface area contributed by atoms with Crippen LogP contribution in [0, 0.1) is 19.7 Å². The predicted molar refractivity (Wildman–Crippen MR) is 124 cm³/mol. The summed E-state index contributed by atoms with van der Waals surface area (Å²) in [4.78, 5) is 17.3. The van der Waals surface area contributed by atoms with Crippen molar-refractivity contribution in [3.63, 3.8) is 0 Å². The molecule has 3 rings (SSSR count). The topological polar surface area (TPSA) is 80.5 Å². The Morgan fingerprint density at radius 1 is 1.16 bits per heavy atom. The molecule has 0 fully saturated rings. The predicted octanol–water partition coefficient (Wildman–Crippen LogP) is 4.46. The number of hydrogen-bond donors (Lipinski definition) is 2. The molecule has 8 heteroatoms. The average Bonchev–Trinajstić information content (AvgIpc) is 3.06. The molecule has 1 amide bonds. The third-order valence-electron chi connectivity index (χ3n) is 4.97. The van der Waals surface area contributed by atoms with Crippen LogP contribution < -0.4 is 15.4 Å². The zero-order valence-electron chi connectivity index (χ0n) is 18.8. The summed E-state index contributed by atoms with van der Waals surface area (Å²) in [6.07, 6.45) is 0. The molecule has 2 aromatic carbocycles. The Balaban J connectivity index is 1.85. The van der Waals surface area contributed by atoms with Crippen LogP contribution in [0.1, 0.15) is 41.2 Å². The molecule has 0 aliphatic heterocycles. The molecule has 0 bridgehead atoms. The van der Waals surface area contributed by atoms with E-state index in [0.29, 0.717) is 13.2 Å². The lowest BCUT2D eigenvalue weighted by Crippen LogP contribution is -2.36. The van der Waals surface area contributed by atoms with Crippen LogP contribution in [0.2, 0.25) is 0 Å². The quantitative estimate of drug-likeness (QED) is 0.423. The molecule has 0 saturated heterocycles. The van der Waals surface area contributed by atoms with Gasteiger partial charge in [0.05, 0.1) is 18.8 Å². The molecule has 0 aliphatic carbocycles. The summed E-state index contributed by atoms with van der Waals surface area (Å²) in [5.74, 6) is 0.0678. The van der Waals surface area contributed by atoms with Gasteiger partial charge in [0, 0.05) is 29.1 Å². The van der Waals surface area contributed by atoms with Crippen LogP contribution in [0.15, 0.2) is 53.5 Å². The van der Waals surface area contributed by atoms with E-state index in [1.54, 1.807) is 6.07 Å². The standard InChI is InChI=1S/C24H28FN5O2/c1-5-30-17(4)22(16(3)29-30)15-26-24(27-20-10-12-21(13-11-20)32-6-2)28-23(31)18-8-7-9-19(25)14-18/h7-14H,5-6,15H2,1-4H3,(H2,26,27,28,31). The monoisotopic (exact) mass is 437 g/mol. The highest BCUT2D eigenvalue weighted by atomic mass is 19.1. The van der Waals surface area contributed by atoms with Crippen molar-refractivity contribution in [3.05, 3.63) is 76.9 Å². The van der Waals surface area contributed by atoms with E-state index in [-0.39, 0.29) is 11.5 Å². The first kappa shape index (κ1) is 23.0. The fourth-order valence-corrected chi connectivity index (χ4v) is 3.29. The zero-order valence-corrected chi connectivity index (χ0v) is 18.8. The number of rotatable bonds is 7. The van der Waals surface area contributed by atoms with Crippen LogP contribution in [0.5, 0.6) is 5.75 Å². The second-order valence-corrected chi connectivity index (χ2v) is 7.18. The van der Waals surface area contributed by atoms with Crippen LogP contribution >= 0.6 is 0 Å². The van der Waals surface area contributed by atoms with Crippen molar-refractivity contribution in [2.45, 2.75) is 40.8 Å². The van der Waals surface area contributed by atoms with Crippen molar-refractivity contribution in [1.82, 2.24) is 15.1 Å². The second kappa shape index (κ2) is 10.6. The molecule has 1 aromatic heterocycles. The first-order chi connectivity index (χ1) is 15.4. The maximum Gasteiger partial charge on any atom is 0.258 e. The fourth-order valence-electron chi connectivity index (χ4n) is 3.29. The summed E-state index contributed by atoms with van der Waals surface area (Å²) in [5.41, 5.74) is 3.86. The molecule has 7 nitrogen and oxygen atoms in total. The van der Waals surface area contributed by atoms with Crippen molar-refractivity contribution in [2.24, 2.45) is 4.99 Å². The van der Waals surface area contributed by atoms with Crippen LogP contribution in [-0.2, 0) is 13.1 Å². The first-order valence-corrected chi connectivity index (χ1v) is 10.5. The number of carbonyl (C=O) groups excluding carboxylic acids is 1. The Morgan fingerprint density at radius 3 is 2.53 bits per heavy atom. The van der Waals surface area contributed by atoms with Gasteiger partial charge >= 0.3 is 0 Å². The number of carbonyl (C=O) groups is 1. The molecule has 2 N–H and O–H groups in total. The molecule has 0 radical (unpaired) electrons. The highest BCUT2D eigenvalue weighted by molar-refractivity contribution is 6.09. The van der Waals surface area contributed by atoms with E-state index in [0.717, 1.165) is 34.9 Å². The van der Waals surface area contributed by atoms with Gasteiger partial charge in [-0.1, -0.05) is 6.07 Å². The van der Waals surface area contributed by atoms with Gasteiger partial charge in [-0.15, -0.1) is 0 Å². The lowest BCUT2D eigenvalue weighted by atomic mass is 10.2. The van der Waals surface area contributed by atoms with E-state index in [2.05, 4.69) is 20.7 Å². The SMILES string of the molecule is CCOc1ccc(NC(=NCc2c(C)nn(CC)c2C)NC(=O)c2cccc(F)c2)cc1. The summed E-state index contributed by atoms with van der Waals surface area (Å²) in [5, 5.41) is 10.4. The van der Waals surface area contributed by atoms with Gasteiger partial charge in [-0.2, -0.15) is 5.10 Å². The normalized spacial score (nSPS) is 11.3. The number of amides is 1. The Labute approximate surface area is 187 Å². The lowest BCUT2D eigenvalue weighted by molar-refractivity contribution is 0.0976. The van der Waals surface area contributed by atoms with E-state index in [4.69, 9.17) is 4.74 Å². The number of ether oxygens (including phenoxy) is 1. The van der Waals surface area contributed by atoms with Gasteiger partial charge in [0.15, 0.2) is 0 Å². The van der Waals surface area contributed by atoms with E-state index in [1.807, 2.05) is 56.6 Å². The summed E-state index contributed by atoms with van der Waals surface area (Å²) >= 11 is 0. The third kappa shape index (κ3) is 5.72. The van der Waals surface area contributed by atoms with Crippen molar-refractivity contribution in [2.75, 3.05) is 11.9 Å². The van der Waals surface area contributed by atoms with E-state index >= 15 is 0 Å². The van der Waals surface area contributed by atoms with Crippen LogP contribution in [-0.4, -0.2) is 28.3 Å². The molecule has 32 heavy (non-hydrogen) atoms. The summed E-state index contributed by atoms with van der Waals surface area (Å²) in [6, 6.07) is 12.8. The van der Waals surface area contributed by atoms with Gasteiger partial charge in [0.25, 0.3) is 5.91 Å². The number of aliphatic imine (C=N–C) groups is 1. The van der Waals surface area contributed by atoms with E-state index < -0.39 is 11.7 Å². The number of hydrogen-bond acceptors (Lipinski definition) is 4. The summed E-state index contributed by atoms with van der Waals surface area (Å²) < 4.78 is 21.0. The van der Waals surface area contributed by atoms with E-state index in [1.165, 1.54) is 18.2 Å². The molecule has 168 valence electrons. The fraction of sp³-hybridized carbons (Fsp3) is 0.292. The van der Waals surface area contributed by atoms with Gasteiger partial charge in [0.2, 0.25) is 5.96 Å².